The molecule has 5 nitrogen and oxygen atoms in total. The van der Waals surface area contributed by atoms with Gasteiger partial charge in [-0.1, -0.05) is 30.7 Å². The van der Waals surface area contributed by atoms with E-state index < -0.39 is 0 Å². The van der Waals surface area contributed by atoms with E-state index in [1.54, 1.807) is 0 Å². The summed E-state index contributed by atoms with van der Waals surface area (Å²) in [7, 11) is 0. The summed E-state index contributed by atoms with van der Waals surface area (Å²) in [5.41, 5.74) is 0.768. The van der Waals surface area contributed by atoms with Gasteiger partial charge in [-0.15, -0.1) is 0 Å². The number of hydrogen-bond donors (Lipinski definition) is 2. The molecular weight excluding hydrogens is 358 g/mol. The van der Waals surface area contributed by atoms with E-state index in [0.29, 0.717) is 17.3 Å². The molecule has 0 atom stereocenters. The highest BCUT2D eigenvalue weighted by atomic mass is 32.1. The van der Waals surface area contributed by atoms with Crippen LogP contribution in [0.2, 0.25) is 0 Å². The summed E-state index contributed by atoms with van der Waals surface area (Å²) in [6.07, 6.45) is 4.20. The number of piperidine rings is 1. The van der Waals surface area contributed by atoms with Gasteiger partial charge in [-0.05, 0) is 62.4 Å². The van der Waals surface area contributed by atoms with Crippen LogP contribution in [0.4, 0.5) is 5.69 Å². The lowest BCUT2D eigenvalue weighted by molar-refractivity contribution is -0.120. The molecule has 1 amide bonds. The van der Waals surface area contributed by atoms with Gasteiger partial charge in [0, 0.05) is 24.7 Å². The quantitative estimate of drug-likeness (QED) is 0.734. The molecule has 2 N–H and O–H groups in total. The van der Waals surface area contributed by atoms with Crippen LogP contribution in [0, 0.1) is 0 Å². The van der Waals surface area contributed by atoms with E-state index in [1.807, 2.05) is 54.6 Å². The Balaban J connectivity index is 1.45. The highest BCUT2D eigenvalue weighted by Crippen LogP contribution is 2.23. The molecule has 3 rings (SSSR count). The number of carbonyl (C=O) groups excluding carboxylic acids is 1. The number of anilines is 1. The van der Waals surface area contributed by atoms with Crippen LogP contribution < -0.4 is 15.4 Å². The zero-order valence-electron chi connectivity index (χ0n) is 15.3. The molecule has 1 aliphatic rings. The molecule has 6 heteroatoms. The van der Waals surface area contributed by atoms with Gasteiger partial charge in [0.1, 0.15) is 11.5 Å². The first-order valence-corrected chi connectivity index (χ1v) is 9.76. The lowest BCUT2D eigenvalue weighted by Crippen LogP contribution is -2.37. The van der Waals surface area contributed by atoms with Gasteiger partial charge < -0.3 is 20.3 Å². The third-order valence-corrected chi connectivity index (χ3v) is 4.63. The number of hydrogen-bond acceptors (Lipinski definition) is 4. The summed E-state index contributed by atoms with van der Waals surface area (Å²) >= 11 is 5.26. The summed E-state index contributed by atoms with van der Waals surface area (Å²) in [4.78, 5) is 14.4. The molecule has 0 spiro atoms. The van der Waals surface area contributed by atoms with Gasteiger partial charge in [0.25, 0.3) is 0 Å². The predicted octanol–water partition coefficient (Wildman–Crippen LogP) is 4.17. The summed E-state index contributed by atoms with van der Waals surface area (Å²) in [6.45, 7) is 2.96. The smallest absolute Gasteiger partial charge is 0.227 e. The number of thiocarbonyl (C=S) groups is 1. The van der Waals surface area contributed by atoms with Crippen molar-refractivity contribution in [3.63, 3.8) is 0 Å². The first-order chi connectivity index (χ1) is 13.2. The molecule has 1 aliphatic heterocycles. The fourth-order valence-corrected chi connectivity index (χ4v) is 3.29. The van der Waals surface area contributed by atoms with Gasteiger partial charge in [-0.25, -0.2) is 0 Å². The number of nitrogens with zero attached hydrogens (tertiary/aromatic N) is 1. The Labute approximate surface area is 165 Å². The largest absolute Gasteiger partial charge is 0.457 e. The van der Waals surface area contributed by atoms with E-state index in [2.05, 4.69) is 15.5 Å². The van der Waals surface area contributed by atoms with Crippen molar-refractivity contribution < 1.29 is 9.53 Å². The lowest BCUT2D eigenvalue weighted by atomic mass is 10.1. The van der Waals surface area contributed by atoms with Gasteiger partial charge in [-0.3, -0.25) is 4.79 Å². The third-order valence-electron chi connectivity index (χ3n) is 4.43. The Kier molecular flexibility index (Phi) is 7.19. The van der Waals surface area contributed by atoms with Gasteiger partial charge in [0.2, 0.25) is 5.91 Å². The molecular formula is C21H25N3O2S. The Morgan fingerprint density at radius 2 is 1.74 bits per heavy atom. The molecule has 27 heavy (non-hydrogen) atoms. The Morgan fingerprint density at radius 1 is 1.00 bits per heavy atom. The summed E-state index contributed by atoms with van der Waals surface area (Å²) in [5, 5.41) is 6.10. The molecule has 142 valence electrons. The van der Waals surface area contributed by atoms with E-state index in [-0.39, 0.29) is 5.91 Å². The first-order valence-electron chi connectivity index (χ1n) is 9.35. The van der Waals surface area contributed by atoms with Crippen molar-refractivity contribution in [1.82, 2.24) is 10.2 Å². The van der Waals surface area contributed by atoms with Crippen molar-refractivity contribution in [2.75, 3.05) is 25.0 Å². The normalized spacial score (nSPS) is 14.4. The second kappa shape index (κ2) is 10.0. The number of para-hydroxylation sites is 1. The molecule has 0 radical (unpaired) electrons. The maximum atomic E-state index is 12.1. The van der Waals surface area contributed by atoms with Gasteiger partial charge in [-0.2, -0.15) is 0 Å². The minimum atomic E-state index is -0.0604. The summed E-state index contributed by atoms with van der Waals surface area (Å²) < 4.78 is 5.81. The minimum Gasteiger partial charge on any atom is -0.457 e. The third kappa shape index (κ3) is 6.66. The van der Waals surface area contributed by atoms with E-state index in [1.165, 1.54) is 19.3 Å². The van der Waals surface area contributed by atoms with E-state index in [4.69, 9.17) is 17.0 Å². The van der Waals surface area contributed by atoms with E-state index >= 15 is 0 Å². The molecule has 0 aromatic heterocycles. The van der Waals surface area contributed by atoms with Crippen LogP contribution in [0.5, 0.6) is 11.5 Å². The number of amides is 1. The van der Waals surface area contributed by atoms with Gasteiger partial charge in [0.05, 0.1) is 0 Å². The molecule has 0 unspecified atom stereocenters. The maximum absolute atomic E-state index is 12.1. The molecule has 0 saturated carbocycles. The predicted molar refractivity (Wildman–Crippen MR) is 112 cm³/mol. The number of ether oxygens (including phenoxy) is 1. The second-order valence-corrected chi connectivity index (χ2v) is 7.01. The lowest BCUT2D eigenvalue weighted by Gasteiger charge is -2.25. The van der Waals surface area contributed by atoms with Crippen LogP contribution in [0.1, 0.15) is 25.7 Å². The number of benzene rings is 2. The van der Waals surface area contributed by atoms with Crippen molar-refractivity contribution in [2.45, 2.75) is 25.7 Å². The number of rotatable bonds is 6. The van der Waals surface area contributed by atoms with E-state index in [9.17, 15) is 4.79 Å². The van der Waals surface area contributed by atoms with Crippen molar-refractivity contribution in [1.29, 1.82) is 0 Å². The molecule has 2 aromatic rings. The molecule has 1 heterocycles. The zero-order valence-corrected chi connectivity index (χ0v) is 16.1. The van der Waals surface area contributed by atoms with Crippen molar-refractivity contribution in [2.24, 2.45) is 0 Å². The van der Waals surface area contributed by atoms with Crippen molar-refractivity contribution in [3.05, 3.63) is 54.6 Å². The van der Waals surface area contributed by atoms with Crippen LogP contribution in [0.25, 0.3) is 0 Å². The average Bonchev–Trinajstić information content (AvgIpc) is 2.68. The highest BCUT2D eigenvalue weighted by molar-refractivity contribution is 7.80. The molecule has 1 saturated heterocycles. The maximum Gasteiger partial charge on any atom is 0.227 e. The molecule has 0 bridgehead atoms. The van der Waals surface area contributed by atoms with Crippen LogP contribution in [-0.4, -0.2) is 35.6 Å². The topological polar surface area (TPSA) is 53.6 Å². The summed E-state index contributed by atoms with van der Waals surface area (Å²) in [6, 6.07) is 17.1. The Hall–Kier alpha value is -2.44. The van der Waals surface area contributed by atoms with Gasteiger partial charge >= 0.3 is 0 Å². The highest BCUT2D eigenvalue weighted by Gasteiger charge is 2.12. The fraction of sp³-hybridized carbons (Fsp3) is 0.333. The van der Waals surface area contributed by atoms with Crippen LogP contribution >= 0.6 is 12.2 Å². The van der Waals surface area contributed by atoms with Crippen molar-refractivity contribution in [3.8, 4) is 11.5 Å². The fourth-order valence-electron chi connectivity index (χ4n) is 3.06. The monoisotopic (exact) mass is 383 g/mol. The average molecular weight is 384 g/mol. The number of carbonyl (C=O) groups is 1. The van der Waals surface area contributed by atoms with Crippen molar-refractivity contribution >= 4 is 28.9 Å². The van der Waals surface area contributed by atoms with Gasteiger partial charge in [0.15, 0.2) is 5.11 Å². The number of likely N-dealkylation sites (tertiary alicyclic amines) is 1. The van der Waals surface area contributed by atoms with Crippen LogP contribution in [0.3, 0.4) is 0 Å². The van der Waals surface area contributed by atoms with E-state index in [0.717, 1.165) is 31.1 Å². The van der Waals surface area contributed by atoms with Crippen LogP contribution in [0.15, 0.2) is 54.6 Å². The molecule has 0 aliphatic carbocycles. The Bertz CT molecular complexity index is 761. The second-order valence-electron chi connectivity index (χ2n) is 6.60. The summed E-state index contributed by atoms with van der Waals surface area (Å²) in [5.74, 6) is 1.41. The molecule has 2 aromatic carbocycles. The standard InChI is InChI=1S/C21H25N3O2S/c25-20(12-15-24-13-5-2-6-14-24)23-21(27)22-17-8-7-11-19(16-17)26-18-9-3-1-4-10-18/h1,3-4,7-11,16H,2,5-6,12-15H2,(H2,22,23,25,27). The molecule has 1 fully saturated rings. The minimum absolute atomic E-state index is 0.0604. The zero-order chi connectivity index (χ0) is 18.9. The first kappa shape index (κ1) is 19.3. The number of nitrogens with one attached hydrogen (secondary N) is 2. The Morgan fingerprint density at radius 3 is 2.52 bits per heavy atom. The van der Waals surface area contributed by atoms with Crippen LogP contribution in [-0.2, 0) is 4.79 Å². The SMILES string of the molecule is O=C(CCN1CCCCC1)NC(=S)Nc1cccc(Oc2ccccc2)c1.